The van der Waals surface area contributed by atoms with E-state index in [2.05, 4.69) is 11.8 Å². The average molecular weight is 280 g/mol. The van der Waals surface area contributed by atoms with E-state index in [0.29, 0.717) is 19.7 Å². The van der Waals surface area contributed by atoms with Gasteiger partial charge in [-0.15, -0.1) is 0 Å². The van der Waals surface area contributed by atoms with Crippen LogP contribution in [0.4, 0.5) is 0 Å². The normalized spacial score (nSPS) is 15.1. The van der Waals surface area contributed by atoms with Crippen molar-refractivity contribution in [1.82, 2.24) is 9.47 Å². The van der Waals surface area contributed by atoms with Gasteiger partial charge < -0.3 is 14.4 Å². The minimum absolute atomic E-state index is 0.155. The SMILES string of the molecule is CCN1CCc2c(cc(C(=O)O)c(=O)n2CCOC)C1. The molecule has 0 aliphatic carbocycles. The molecule has 6 heteroatoms. The van der Waals surface area contributed by atoms with E-state index in [-0.39, 0.29) is 5.56 Å². The van der Waals surface area contributed by atoms with E-state index < -0.39 is 11.5 Å². The topological polar surface area (TPSA) is 71.8 Å². The summed E-state index contributed by atoms with van der Waals surface area (Å²) in [7, 11) is 1.57. The van der Waals surface area contributed by atoms with E-state index in [1.807, 2.05) is 0 Å². The van der Waals surface area contributed by atoms with Crippen molar-refractivity contribution >= 4 is 5.97 Å². The molecule has 6 nitrogen and oxygen atoms in total. The molecule has 1 aliphatic rings. The van der Waals surface area contributed by atoms with Crippen LogP contribution in [0.2, 0.25) is 0 Å². The molecular weight excluding hydrogens is 260 g/mol. The van der Waals surface area contributed by atoms with Crippen molar-refractivity contribution in [2.45, 2.75) is 26.4 Å². The quantitative estimate of drug-likeness (QED) is 0.854. The first kappa shape index (κ1) is 14.7. The van der Waals surface area contributed by atoms with Crippen LogP contribution in [0.3, 0.4) is 0 Å². The molecule has 1 aliphatic heterocycles. The summed E-state index contributed by atoms with van der Waals surface area (Å²) in [5, 5.41) is 9.18. The summed E-state index contributed by atoms with van der Waals surface area (Å²) in [6.07, 6.45) is 0.766. The van der Waals surface area contributed by atoms with E-state index >= 15 is 0 Å². The maximum atomic E-state index is 12.3. The third kappa shape index (κ3) is 2.76. The lowest BCUT2D eigenvalue weighted by atomic mass is 10.0. The summed E-state index contributed by atoms with van der Waals surface area (Å²) in [4.78, 5) is 25.7. The highest BCUT2D eigenvalue weighted by Crippen LogP contribution is 2.18. The minimum Gasteiger partial charge on any atom is -0.477 e. The van der Waals surface area contributed by atoms with Gasteiger partial charge in [-0.05, 0) is 18.2 Å². The maximum Gasteiger partial charge on any atom is 0.341 e. The van der Waals surface area contributed by atoms with E-state index in [4.69, 9.17) is 4.74 Å². The molecule has 0 bridgehead atoms. The summed E-state index contributed by atoms with van der Waals surface area (Å²) in [6, 6.07) is 1.53. The predicted octanol–water partition coefficient (Wildman–Crippen LogP) is 0.571. The smallest absolute Gasteiger partial charge is 0.341 e. The molecule has 0 radical (unpaired) electrons. The number of aromatic carboxylic acids is 1. The molecule has 2 heterocycles. The Morgan fingerprint density at radius 2 is 2.25 bits per heavy atom. The van der Waals surface area contributed by atoms with Gasteiger partial charge in [-0.1, -0.05) is 6.92 Å². The number of aromatic nitrogens is 1. The first-order chi connectivity index (χ1) is 9.58. The number of methoxy groups -OCH3 is 1. The molecule has 0 aromatic carbocycles. The standard InChI is InChI=1S/C14H20N2O4/c1-3-15-5-4-12-10(9-15)8-11(14(18)19)13(17)16(12)6-7-20-2/h8H,3-7,9H2,1-2H3,(H,18,19). The van der Waals surface area contributed by atoms with Gasteiger partial charge in [0.05, 0.1) is 6.61 Å². The molecule has 1 aromatic rings. The lowest BCUT2D eigenvalue weighted by Crippen LogP contribution is -2.38. The van der Waals surface area contributed by atoms with Crippen LogP contribution in [-0.2, 0) is 24.2 Å². The van der Waals surface area contributed by atoms with Gasteiger partial charge in [-0.2, -0.15) is 0 Å². The summed E-state index contributed by atoms with van der Waals surface area (Å²) in [5.41, 5.74) is 1.30. The average Bonchev–Trinajstić information content (AvgIpc) is 2.45. The monoisotopic (exact) mass is 280 g/mol. The zero-order chi connectivity index (χ0) is 14.7. The van der Waals surface area contributed by atoms with Crippen LogP contribution in [0.1, 0.15) is 28.5 Å². The van der Waals surface area contributed by atoms with Crippen molar-refractivity contribution in [2.24, 2.45) is 0 Å². The molecule has 0 atom stereocenters. The molecule has 0 spiro atoms. The Labute approximate surface area is 117 Å². The van der Waals surface area contributed by atoms with Crippen molar-refractivity contribution in [3.8, 4) is 0 Å². The molecule has 0 fully saturated rings. The van der Waals surface area contributed by atoms with Crippen molar-refractivity contribution in [2.75, 3.05) is 26.8 Å². The number of hydrogen-bond donors (Lipinski definition) is 1. The first-order valence-electron chi connectivity index (χ1n) is 6.78. The Hall–Kier alpha value is -1.66. The number of ether oxygens (including phenoxy) is 1. The fourth-order valence-corrected chi connectivity index (χ4v) is 2.62. The number of likely N-dealkylation sites (N-methyl/N-ethyl adjacent to an activating group) is 1. The first-order valence-corrected chi connectivity index (χ1v) is 6.78. The maximum absolute atomic E-state index is 12.3. The van der Waals surface area contributed by atoms with Gasteiger partial charge >= 0.3 is 5.97 Å². The van der Waals surface area contributed by atoms with Crippen LogP contribution in [0.25, 0.3) is 0 Å². The summed E-state index contributed by atoms with van der Waals surface area (Å²) in [5.74, 6) is -1.17. The molecule has 0 saturated carbocycles. The number of carboxylic acid groups (broad SMARTS) is 1. The Kier molecular flexibility index (Phi) is 4.57. The highest BCUT2D eigenvalue weighted by Gasteiger charge is 2.23. The van der Waals surface area contributed by atoms with Gasteiger partial charge in [-0.25, -0.2) is 4.79 Å². The molecule has 0 saturated heterocycles. The van der Waals surface area contributed by atoms with E-state index in [1.165, 1.54) is 6.07 Å². The summed E-state index contributed by atoms with van der Waals surface area (Å²) >= 11 is 0. The van der Waals surface area contributed by atoms with Crippen molar-refractivity contribution in [3.63, 3.8) is 0 Å². The van der Waals surface area contributed by atoms with Crippen LogP contribution in [0, 0.1) is 0 Å². The molecular formula is C14H20N2O4. The largest absolute Gasteiger partial charge is 0.477 e. The Balaban J connectivity index is 2.51. The second-order valence-electron chi connectivity index (χ2n) is 4.90. The molecule has 2 rings (SSSR count). The van der Waals surface area contributed by atoms with Gasteiger partial charge in [0, 0.05) is 38.9 Å². The highest BCUT2D eigenvalue weighted by atomic mass is 16.5. The van der Waals surface area contributed by atoms with Gasteiger partial charge in [0.15, 0.2) is 0 Å². The van der Waals surface area contributed by atoms with E-state index in [0.717, 1.165) is 30.8 Å². The van der Waals surface area contributed by atoms with Crippen molar-refractivity contribution in [3.05, 3.63) is 33.2 Å². The van der Waals surface area contributed by atoms with Crippen molar-refractivity contribution < 1.29 is 14.6 Å². The lowest BCUT2D eigenvalue weighted by molar-refractivity contribution is 0.0693. The van der Waals surface area contributed by atoms with Crippen LogP contribution < -0.4 is 5.56 Å². The third-order valence-corrected chi connectivity index (χ3v) is 3.75. The number of pyridine rings is 1. The molecule has 1 N–H and O–H groups in total. The number of rotatable bonds is 5. The summed E-state index contributed by atoms with van der Waals surface area (Å²) < 4.78 is 6.58. The molecule has 0 amide bonds. The van der Waals surface area contributed by atoms with Gasteiger partial charge in [0.2, 0.25) is 0 Å². The second-order valence-corrected chi connectivity index (χ2v) is 4.90. The second kappa shape index (κ2) is 6.19. The van der Waals surface area contributed by atoms with Crippen LogP contribution >= 0.6 is 0 Å². The summed E-state index contributed by atoms with van der Waals surface area (Å²) in [6.45, 7) is 5.36. The zero-order valence-electron chi connectivity index (χ0n) is 11.9. The van der Waals surface area contributed by atoms with Crippen LogP contribution in [0.5, 0.6) is 0 Å². The Morgan fingerprint density at radius 1 is 1.50 bits per heavy atom. The fraction of sp³-hybridized carbons (Fsp3) is 0.571. The fourth-order valence-electron chi connectivity index (χ4n) is 2.62. The number of carboxylic acids is 1. The molecule has 1 aromatic heterocycles. The molecule has 110 valence electrons. The number of nitrogens with zero attached hydrogens (tertiary/aromatic N) is 2. The number of fused-ring (bicyclic) bond motifs is 1. The van der Waals surface area contributed by atoms with Gasteiger partial charge in [0.25, 0.3) is 5.56 Å². The molecule has 20 heavy (non-hydrogen) atoms. The van der Waals surface area contributed by atoms with Crippen LogP contribution in [0.15, 0.2) is 10.9 Å². The number of carbonyl (C=O) groups is 1. The predicted molar refractivity (Wildman–Crippen MR) is 74.2 cm³/mol. The van der Waals surface area contributed by atoms with Gasteiger partial charge in [0.1, 0.15) is 5.56 Å². The Bertz CT molecular complexity index is 565. The van der Waals surface area contributed by atoms with E-state index in [1.54, 1.807) is 11.7 Å². The number of hydrogen-bond acceptors (Lipinski definition) is 4. The van der Waals surface area contributed by atoms with E-state index in [9.17, 15) is 14.7 Å². The third-order valence-electron chi connectivity index (χ3n) is 3.75. The van der Waals surface area contributed by atoms with Gasteiger partial charge in [-0.3, -0.25) is 9.69 Å². The highest BCUT2D eigenvalue weighted by molar-refractivity contribution is 5.87. The zero-order valence-corrected chi connectivity index (χ0v) is 11.9. The van der Waals surface area contributed by atoms with Crippen molar-refractivity contribution in [1.29, 1.82) is 0 Å². The Morgan fingerprint density at radius 3 is 2.85 bits per heavy atom. The van der Waals surface area contributed by atoms with Crippen LogP contribution in [-0.4, -0.2) is 47.3 Å². The lowest BCUT2D eigenvalue weighted by Gasteiger charge is -2.29. The molecule has 0 unspecified atom stereocenters. The minimum atomic E-state index is -1.17.